The average molecular weight is 795 g/mol. The van der Waals surface area contributed by atoms with Crippen molar-refractivity contribution in [2.75, 3.05) is 34.4 Å². The second-order valence-corrected chi connectivity index (χ2v) is 15.8. The fourth-order valence-corrected chi connectivity index (χ4v) is 8.71. The number of nitrogens with zero attached hydrogens (tertiary/aromatic N) is 3. The van der Waals surface area contributed by atoms with E-state index in [9.17, 15) is 19.2 Å². The number of likely N-dealkylation sites (tertiary alicyclic amines) is 2. The lowest BCUT2D eigenvalue weighted by molar-refractivity contribution is -0.137. The molecule has 7 rings (SSSR count). The first kappa shape index (κ1) is 40.7. The van der Waals surface area contributed by atoms with Crippen LogP contribution in [0.15, 0.2) is 59.7 Å². The predicted octanol–water partition coefficient (Wildman–Crippen LogP) is 6.36. The zero-order valence-corrected chi connectivity index (χ0v) is 34.1. The number of carbonyl (C=O) groups is 4. The molecule has 4 amide bonds. The number of methoxy groups -OCH3 is 3. The van der Waals surface area contributed by atoms with E-state index in [1.165, 1.54) is 21.3 Å². The number of allylic oxidation sites excluding steroid dienone is 1. The average Bonchev–Trinajstić information content (AvgIpc) is 4.10. The van der Waals surface area contributed by atoms with Gasteiger partial charge in [-0.25, -0.2) is 9.59 Å². The van der Waals surface area contributed by atoms with E-state index in [2.05, 4.69) is 64.1 Å². The zero-order valence-electron chi connectivity index (χ0n) is 34.1. The first-order chi connectivity index (χ1) is 28.0. The van der Waals surface area contributed by atoms with Gasteiger partial charge in [0.05, 0.1) is 51.3 Å². The lowest BCUT2D eigenvalue weighted by Crippen LogP contribution is -2.54. The first-order valence-corrected chi connectivity index (χ1v) is 20.1. The summed E-state index contributed by atoms with van der Waals surface area (Å²) in [5, 5.41) is 5.39. The molecular weight excluding hydrogens is 741 g/mol. The molecule has 0 saturated carbocycles. The lowest BCUT2D eigenvalue weighted by atomic mass is 9.95. The van der Waals surface area contributed by atoms with Crippen LogP contribution in [-0.4, -0.2) is 103 Å². The molecule has 0 bridgehead atoms. The fourth-order valence-electron chi connectivity index (χ4n) is 8.71. The zero-order chi connectivity index (χ0) is 41.1. The number of fused-ring (bicyclic) bond motifs is 1. The minimum atomic E-state index is -0.888. The van der Waals surface area contributed by atoms with Gasteiger partial charge in [-0.15, -0.1) is 0 Å². The Labute approximate surface area is 339 Å². The monoisotopic (exact) mass is 794 g/mol. The van der Waals surface area contributed by atoms with Gasteiger partial charge in [-0.3, -0.25) is 14.6 Å². The molecule has 14 nitrogen and oxygen atoms in total. The Bertz CT molecular complexity index is 2070. The molecule has 5 atom stereocenters. The highest BCUT2D eigenvalue weighted by Gasteiger charge is 2.41. The van der Waals surface area contributed by atoms with Gasteiger partial charge in [0.25, 0.3) is 0 Å². The predicted molar refractivity (Wildman–Crippen MR) is 219 cm³/mol. The summed E-state index contributed by atoms with van der Waals surface area (Å²) in [4.78, 5) is 63.8. The standard InChI is InChI=1S/C44H54N6O8/c1-25(2)37(47-43(53)56-5)41(51)49-19-7-9-35(49)34-21-31(22-45-34)29-13-11-27(12-14-29)28-15-17-30(18-16-28)39-32-23-58-24-33(32)40(46-39)36-10-8-20-50(36)42(52)38(26(3)55-4)48-44(54)57-6/h11-18,22,25-26,35-38,46H,7-10,19-21,23-24H2,1-6H3,(H,47,53)(H,48,54)/t26-,35+,36+,37+,38+/m1/s1. The quantitative estimate of drug-likeness (QED) is 0.191. The third kappa shape index (κ3) is 8.12. The van der Waals surface area contributed by atoms with E-state index in [1.807, 2.05) is 29.8 Å². The maximum atomic E-state index is 13.9. The molecule has 14 heteroatoms. The Morgan fingerprint density at radius 2 is 1.28 bits per heavy atom. The molecule has 4 aliphatic heterocycles. The molecule has 3 aromatic rings. The number of alkyl carbamates (subject to hydrolysis) is 2. The molecule has 3 N–H and O–H groups in total. The molecule has 0 unspecified atom stereocenters. The maximum Gasteiger partial charge on any atom is 0.407 e. The van der Waals surface area contributed by atoms with Crippen LogP contribution in [0.3, 0.4) is 0 Å². The van der Waals surface area contributed by atoms with Crippen LogP contribution in [0.5, 0.6) is 0 Å². The van der Waals surface area contributed by atoms with Crippen LogP contribution in [0.1, 0.15) is 81.3 Å². The van der Waals surface area contributed by atoms with Crippen LogP contribution in [-0.2, 0) is 41.8 Å². The van der Waals surface area contributed by atoms with Gasteiger partial charge in [0, 0.05) is 55.4 Å². The number of hydrogen-bond donors (Lipinski definition) is 3. The van der Waals surface area contributed by atoms with Gasteiger partial charge >= 0.3 is 12.2 Å². The van der Waals surface area contributed by atoms with Crippen LogP contribution < -0.4 is 10.6 Å². The highest BCUT2D eigenvalue weighted by Crippen LogP contribution is 2.42. The molecule has 2 saturated heterocycles. The largest absolute Gasteiger partial charge is 0.453 e. The normalized spacial score (nSPS) is 20.3. The summed E-state index contributed by atoms with van der Waals surface area (Å²) >= 11 is 0. The number of amides is 4. The highest BCUT2D eigenvalue weighted by molar-refractivity contribution is 6.04. The number of nitrogens with one attached hydrogen (secondary N) is 3. The van der Waals surface area contributed by atoms with Crippen LogP contribution >= 0.6 is 0 Å². The summed E-state index contributed by atoms with van der Waals surface area (Å²) in [5.41, 5.74) is 10.5. The first-order valence-electron chi connectivity index (χ1n) is 20.1. The van der Waals surface area contributed by atoms with Gasteiger partial charge in [-0.1, -0.05) is 62.4 Å². The third-order valence-corrected chi connectivity index (χ3v) is 12.0. The number of carbonyl (C=O) groups excluding carboxylic acids is 4. The van der Waals surface area contributed by atoms with E-state index in [-0.39, 0.29) is 29.8 Å². The Balaban J connectivity index is 1.02. The number of rotatable bonds is 12. The number of aromatic nitrogens is 1. The lowest BCUT2D eigenvalue weighted by Gasteiger charge is -2.31. The van der Waals surface area contributed by atoms with Crippen molar-refractivity contribution in [2.24, 2.45) is 10.9 Å². The van der Waals surface area contributed by atoms with Crippen molar-refractivity contribution in [3.8, 4) is 22.4 Å². The second kappa shape index (κ2) is 17.6. The van der Waals surface area contributed by atoms with Gasteiger partial charge in [0.2, 0.25) is 11.8 Å². The molecule has 1 aromatic heterocycles. The van der Waals surface area contributed by atoms with Gasteiger partial charge in [-0.2, -0.15) is 0 Å². The van der Waals surface area contributed by atoms with E-state index in [0.717, 1.165) is 81.7 Å². The second-order valence-electron chi connectivity index (χ2n) is 15.8. The van der Waals surface area contributed by atoms with E-state index < -0.39 is 30.4 Å². The summed E-state index contributed by atoms with van der Waals surface area (Å²) in [6.45, 7) is 7.74. The number of ether oxygens (including phenoxy) is 4. The number of aromatic amines is 1. The van der Waals surface area contributed by atoms with Gasteiger partial charge in [0.1, 0.15) is 12.1 Å². The Morgan fingerprint density at radius 3 is 1.88 bits per heavy atom. The van der Waals surface area contributed by atoms with Crippen molar-refractivity contribution in [1.29, 1.82) is 0 Å². The van der Waals surface area contributed by atoms with Crippen LogP contribution in [0.25, 0.3) is 28.0 Å². The van der Waals surface area contributed by atoms with E-state index in [0.29, 0.717) is 32.7 Å². The van der Waals surface area contributed by atoms with Crippen LogP contribution in [0, 0.1) is 5.92 Å². The SMILES string of the molecule is COC(=O)N[C@H](C(=O)N1CCC[C@H]1C1=NC=C(c2ccc(-c3ccc(-c4[nH]c([C@@H]5CCCN5C(=O)[C@@H](NC(=O)OC)[C@@H](C)OC)c5c4COC5)cc3)cc2)C1)C(C)C. The third-order valence-electron chi connectivity index (χ3n) is 12.0. The van der Waals surface area contributed by atoms with Crippen molar-refractivity contribution in [1.82, 2.24) is 25.4 Å². The summed E-state index contributed by atoms with van der Waals surface area (Å²) in [6, 6.07) is 15.1. The smallest absolute Gasteiger partial charge is 0.407 e. The van der Waals surface area contributed by atoms with Gasteiger partial charge in [-0.05, 0) is 66.4 Å². The van der Waals surface area contributed by atoms with Gasteiger partial charge in [0.15, 0.2) is 0 Å². The highest BCUT2D eigenvalue weighted by atomic mass is 16.5. The van der Waals surface area contributed by atoms with Crippen molar-refractivity contribution in [2.45, 2.75) is 96.4 Å². The number of hydrogen-bond acceptors (Lipinski definition) is 9. The molecule has 2 fully saturated rings. The Kier molecular flexibility index (Phi) is 12.3. The maximum absolute atomic E-state index is 13.9. The molecule has 2 aromatic carbocycles. The number of benzene rings is 2. The molecule has 0 radical (unpaired) electrons. The minimum absolute atomic E-state index is 0.0887. The molecule has 308 valence electrons. The fraction of sp³-hybridized carbons (Fsp3) is 0.477. The van der Waals surface area contributed by atoms with Crippen molar-refractivity contribution >= 4 is 35.3 Å². The summed E-state index contributed by atoms with van der Waals surface area (Å²) < 4.78 is 21.0. The molecule has 5 heterocycles. The van der Waals surface area contributed by atoms with E-state index in [4.69, 9.17) is 23.9 Å². The van der Waals surface area contributed by atoms with Crippen molar-refractivity contribution < 1.29 is 38.1 Å². The number of H-pyrrole nitrogens is 1. The van der Waals surface area contributed by atoms with Crippen molar-refractivity contribution in [3.63, 3.8) is 0 Å². The van der Waals surface area contributed by atoms with Gasteiger partial charge < -0.3 is 44.4 Å². The summed E-state index contributed by atoms with van der Waals surface area (Å²) in [6.07, 6.45) is 4.08. The molecule has 4 aliphatic rings. The number of aliphatic imine (C=N–C) groups is 1. The Morgan fingerprint density at radius 1 is 0.741 bits per heavy atom. The minimum Gasteiger partial charge on any atom is -0.453 e. The van der Waals surface area contributed by atoms with E-state index >= 15 is 0 Å². The van der Waals surface area contributed by atoms with Crippen LogP contribution in [0.2, 0.25) is 0 Å². The summed E-state index contributed by atoms with van der Waals surface area (Å²) in [5.74, 6) is -0.403. The molecule has 58 heavy (non-hydrogen) atoms. The van der Waals surface area contributed by atoms with E-state index in [1.54, 1.807) is 6.92 Å². The topological polar surface area (TPSA) is 164 Å². The van der Waals surface area contributed by atoms with Crippen LogP contribution in [0.4, 0.5) is 9.59 Å². The molecule has 0 aliphatic carbocycles. The molecule has 0 spiro atoms. The Hall–Kier alpha value is -5.47. The van der Waals surface area contributed by atoms with Crippen molar-refractivity contribution in [3.05, 3.63) is 77.1 Å². The summed E-state index contributed by atoms with van der Waals surface area (Å²) in [7, 11) is 4.09. The molecular formula is C44H54N6O8.